The number of hydrogen-bond donors (Lipinski definition) is 2. The van der Waals surface area contributed by atoms with E-state index in [-0.39, 0.29) is 17.5 Å². The van der Waals surface area contributed by atoms with Crippen molar-refractivity contribution in [3.63, 3.8) is 0 Å². The Balaban J connectivity index is 1.77. The summed E-state index contributed by atoms with van der Waals surface area (Å²) in [7, 11) is -3.57. The highest BCUT2D eigenvalue weighted by Gasteiger charge is 2.19. The van der Waals surface area contributed by atoms with E-state index >= 15 is 0 Å². The molecule has 19 heavy (non-hydrogen) atoms. The van der Waals surface area contributed by atoms with E-state index in [0.717, 1.165) is 18.8 Å². The lowest BCUT2D eigenvalue weighted by Crippen LogP contribution is -2.24. The van der Waals surface area contributed by atoms with Crippen molar-refractivity contribution >= 4 is 10.0 Å². The predicted octanol–water partition coefficient (Wildman–Crippen LogP) is 2.02. The van der Waals surface area contributed by atoms with Gasteiger partial charge in [0.15, 0.2) is 0 Å². The zero-order chi connectivity index (χ0) is 13.7. The van der Waals surface area contributed by atoms with E-state index < -0.39 is 10.0 Å². The molecular weight excluding hydrogens is 266 g/mol. The maximum atomic E-state index is 11.9. The van der Waals surface area contributed by atoms with Crippen molar-refractivity contribution in [3.8, 4) is 0 Å². The quantitative estimate of drug-likeness (QED) is 0.752. The first kappa shape index (κ1) is 14.6. The first-order valence-corrected chi connectivity index (χ1v) is 8.29. The SMILES string of the molecule is O=S(=O)(NCCCC1CCCC1)c1ccc(CO)o1. The summed E-state index contributed by atoms with van der Waals surface area (Å²) in [4.78, 5) is 0. The zero-order valence-corrected chi connectivity index (χ0v) is 11.8. The van der Waals surface area contributed by atoms with E-state index in [1.165, 1.54) is 37.8 Å². The van der Waals surface area contributed by atoms with Crippen molar-refractivity contribution in [2.45, 2.75) is 50.2 Å². The van der Waals surface area contributed by atoms with Crippen molar-refractivity contribution in [2.75, 3.05) is 6.54 Å². The molecule has 0 atom stereocenters. The number of aliphatic hydroxyl groups excluding tert-OH is 1. The minimum atomic E-state index is -3.57. The van der Waals surface area contributed by atoms with Crippen LogP contribution in [-0.2, 0) is 16.6 Å². The number of rotatable bonds is 7. The highest BCUT2D eigenvalue weighted by atomic mass is 32.2. The Kier molecular flexibility index (Phi) is 5.01. The molecule has 6 heteroatoms. The molecule has 0 aromatic carbocycles. The molecule has 0 spiro atoms. The van der Waals surface area contributed by atoms with E-state index in [1.54, 1.807) is 0 Å². The molecular formula is C13H21NO4S. The Morgan fingerprint density at radius 3 is 2.68 bits per heavy atom. The van der Waals surface area contributed by atoms with Gasteiger partial charge in [0.1, 0.15) is 12.4 Å². The first-order valence-electron chi connectivity index (χ1n) is 6.81. The van der Waals surface area contributed by atoms with Crippen LogP contribution in [0.2, 0.25) is 0 Å². The Bertz CT molecular complexity index is 488. The van der Waals surface area contributed by atoms with E-state index in [2.05, 4.69) is 4.72 Å². The molecule has 1 saturated carbocycles. The molecule has 0 radical (unpaired) electrons. The van der Waals surface area contributed by atoms with Crippen molar-refractivity contribution in [1.82, 2.24) is 4.72 Å². The molecule has 2 N–H and O–H groups in total. The summed E-state index contributed by atoms with van der Waals surface area (Å²) in [5, 5.41) is 8.72. The average molecular weight is 287 g/mol. The van der Waals surface area contributed by atoms with Crippen molar-refractivity contribution in [2.24, 2.45) is 5.92 Å². The van der Waals surface area contributed by atoms with Gasteiger partial charge in [-0.15, -0.1) is 0 Å². The zero-order valence-electron chi connectivity index (χ0n) is 11.0. The van der Waals surface area contributed by atoms with Crippen LogP contribution in [0.4, 0.5) is 0 Å². The average Bonchev–Trinajstić information content (AvgIpc) is 3.05. The molecule has 5 nitrogen and oxygen atoms in total. The number of nitrogens with one attached hydrogen (secondary N) is 1. The van der Waals surface area contributed by atoms with Crippen molar-refractivity contribution in [1.29, 1.82) is 0 Å². The summed E-state index contributed by atoms with van der Waals surface area (Å²) in [6.45, 7) is 0.144. The molecule has 1 aliphatic rings. The number of aliphatic hydroxyl groups is 1. The molecule has 0 bridgehead atoms. The van der Waals surface area contributed by atoms with Crippen LogP contribution in [0.15, 0.2) is 21.6 Å². The fourth-order valence-electron chi connectivity index (χ4n) is 2.56. The highest BCUT2D eigenvalue weighted by Crippen LogP contribution is 2.28. The van der Waals surface area contributed by atoms with Gasteiger partial charge in [0, 0.05) is 6.54 Å². The summed E-state index contributed by atoms with van der Waals surface area (Å²) < 4.78 is 31.3. The fourth-order valence-corrected chi connectivity index (χ4v) is 3.57. The Morgan fingerprint density at radius 1 is 1.32 bits per heavy atom. The van der Waals surface area contributed by atoms with Crippen LogP contribution in [0, 0.1) is 5.92 Å². The van der Waals surface area contributed by atoms with Gasteiger partial charge >= 0.3 is 0 Å². The van der Waals surface area contributed by atoms with Gasteiger partial charge in [-0.3, -0.25) is 0 Å². The van der Waals surface area contributed by atoms with E-state index in [1.807, 2.05) is 0 Å². The van der Waals surface area contributed by atoms with Crippen LogP contribution in [0.25, 0.3) is 0 Å². The largest absolute Gasteiger partial charge is 0.446 e. The van der Waals surface area contributed by atoms with Crippen LogP contribution in [-0.4, -0.2) is 20.1 Å². The fraction of sp³-hybridized carbons (Fsp3) is 0.692. The van der Waals surface area contributed by atoms with Gasteiger partial charge in [-0.05, 0) is 30.9 Å². The second-order valence-corrected chi connectivity index (χ2v) is 6.77. The van der Waals surface area contributed by atoms with Gasteiger partial charge in [0.05, 0.1) is 0 Å². The third-order valence-electron chi connectivity index (χ3n) is 3.61. The van der Waals surface area contributed by atoms with Gasteiger partial charge in [-0.2, -0.15) is 0 Å². The molecule has 2 rings (SSSR count). The maximum absolute atomic E-state index is 11.9. The molecule has 1 aromatic heterocycles. The Labute approximate surface area is 114 Å². The van der Waals surface area contributed by atoms with E-state index in [9.17, 15) is 8.42 Å². The van der Waals surface area contributed by atoms with Gasteiger partial charge in [-0.1, -0.05) is 25.7 Å². The van der Waals surface area contributed by atoms with Gasteiger partial charge in [-0.25, -0.2) is 13.1 Å². The van der Waals surface area contributed by atoms with Crippen molar-refractivity contribution in [3.05, 3.63) is 17.9 Å². The van der Waals surface area contributed by atoms with E-state index in [0.29, 0.717) is 6.54 Å². The summed E-state index contributed by atoms with van der Waals surface area (Å²) in [6.07, 6.45) is 7.13. The molecule has 0 saturated heterocycles. The molecule has 0 amide bonds. The maximum Gasteiger partial charge on any atom is 0.273 e. The summed E-state index contributed by atoms with van der Waals surface area (Å²) in [6, 6.07) is 2.83. The molecule has 1 aromatic rings. The predicted molar refractivity (Wildman–Crippen MR) is 71.0 cm³/mol. The molecule has 1 fully saturated rings. The first-order chi connectivity index (χ1) is 9.12. The van der Waals surface area contributed by atoms with Crippen LogP contribution < -0.4 is 4.72 Å². The van der Waals surface area contributed by atoms with Gasteiger partial charge in [0.2, 0.25) is 5.09 Å². The lowest BCUT2D eigenvalue weighted by Gasteiger charge is -2.08. The molecule has 0 unspecified atom stereocenters. The topological polar surface area (TPSA) is 79.5 Å². The smallest absolute Gasteiger partial charge is 0.273 e. The van der Waals surface area contributed by atoms with Gasteiger partial charge < -0.3 is 9.52 Å². The molecule has 1 heterocycles. The van der Waals surface area contributed by atoms with E-state index in [4.69, 9.17) is 9.52 Å². The molecule has 1 aliphatic carbocycles. The lowest BCUT2D eigenvalue weighted by molar-refractivity contribution is 0.236. The standard InChI is InChI=1S/C13H21NO4S/c15-10-12-7-8-13(18-12)19(16,17)14-9-3-6-11-4-1-2-5-11/h7-8,11,14-15H,1-6,9-10H2. The summed E-state index contributed by atoms with van der Waals surface area (Å²) >= 11 is 0. The minimum absolute atomic E-state index is 0.127. The number of furan rings is 1. The lowest BCUT2D eigenvalue weighted by atomic mass is 10.0. The second kappa shape index (κ2) is 6.54. The highest BCUT2D eigenvalue weighted by molar-refractivity contribution is 7.89. The van der Waals surface area contributed by atoms with Crippen LogP contribution in [0.3, 0.4) is 0 Å². The second-order valence-electron chi connectivity index (χ2n) is 5.07. The van der Waals surface area contributed by atoms with Crippen LogP contribution >= 0.6 is 0 Å². The monoisotopic (exact) mass is 287 g/mol. The molecule has 108 valence electrons. The third-order valence-corrected chi connectivity index (χ3v) is 4.95. The summed E-state index contributed by atoms with van der Waals surface area (Å²) in [5.74, 6) is 1.03. The molecule has 0 aliphatic heterocycles. The van der Waals surface area contributed by atoms with Crippen molar-refractivity contribution < 1.29 is 17.9 Å². The minimum Gasteiger partial charge on any atom is -0.446 e. The van der Waals surface area contributed by atoms with Gasteiger partial charge in [0.25, 0.3) is 10.0 Å². The number of sulfonamides is 1. The Hall–Kier alpha value is -0.850. The van der Waals surface area contributed by atoms with Crippen LogP contribution in [0.5, 0.6) is 0 Å². The normalized spacial score (nSPS) is 17.1. The summed E-state index contributed by atoms with van der Waals surface area (Å²) in [5.41, 5.74) is 0. The van der Waals surface area contributed by atoms with Crippen LogP contribution in [0.1, 0.15) is 44.3 Å². The Morgan fingerprint density at radius 2 is 2.05 bits per heavy atom. The third kappa shape index (κ3) is 4.06. The number of hydrogen-bond acceptors (Lipinski definition) is 4.